The first-order chi connectivity index (χ1) is 13.3. The van der Waals surface area contributed by atoms with Crippen LogP contribution < -0.4 is 5.32 Å². The molecule has 0 unspecified atom stereocenters. The highest BCUT2D eigenvalue weighted by Crippen LogP contribution is 2.31. The number of urea groups is 1. The zero-order chi connectivity index (χ0) is 20.3. The molecule has 3 fully saturated rings. The van der Waals surface area contributed by atoms with E-state index in [0.29, 0.717) is 25.3 Å². The van der Waals surface area contributed by atoms with Gasteiger partial charge in [0.15, 0.2) is 0 Å². The third kappa shape index (κ3) is 5.02. The summed E-state index contributed by atoms with van der Waals surface area (Å²) in [5.41, 5.74) is 0. The van der Waals surface area contributed by atoms with Crippen LogP contribution in [0, 0.1) is 0 Å². The molecule has 0 saturated carbocycles. The Morgan fingerprint density at radius 3 is 2.50 bits per heavy atom. The van der Waals surface area contributed by atoms with Crippen LogP contribution in [0.5, 0.6) is 0 Å². The molecule has 0 radical (unpaired) electrons. The van der Waals surface area contributed by atoms with E-state index in [1.807, 2.05) is 0 Å². The van der Waals surface area contributed by atoms with Crippen LogP contribution in [0.25, 0.3) is 0 Å². The summed E-state index contributed by atoms with van der Waals surface area (Å²) >= 11 is 0. The van der Waals surface area contributed by atoms with Crippen molar-refractivity contribution >= 4 is 35.9 Å². The molecule has 3 aliphatic rings. The average Bonchev–Trinajstić information content (AvgIpc) is 2.82. The van der Waals surface area contributed by atoms with Gasteiger partial charge < -0.3 is 19.8 Å². The summed E-state index contributed by atoms with van der Waals surface area (Å²) in [5, 5.41) is 3.66. The second-order valence-electron chi connectivity index (χ2n) is 7.47. The van der Waals surface area contributed by atoms with Crippen molar-refractivity contribution in [2.24, 2.45) is 0 Å². The van der Waals surface area contributed by atoms with Gasteiger partial charge in [-0.1, -0.05) is 0 Å². The summed E-state index contributed by atoms with van der Waals surface area (Å²) in [7, 11) is -4.37. The number of hydroxylamine groups is 2. The highest BCUT2D eigenvalue weighted by Gasteiger charge is 2.49. The zero-order valence-electron chi connectivity index (χ0n) is 15.5. The first kappa shape index (κ1) is 21.0. The normalized spacial score (nSPS) is 27.2. The van der Waals surface area contributed by atoms with Crippen molar-refractivity contribution in [3.8, 4) is 0 Å². The number of amides is 3. The van der Waals surface area contributed by atoms with E-state index in [9.17, 15) is 22.8 Å². The Morgan fingerprint density at radius 1 is 1.21 bits per heavy atom. The predicted molar refractivity (Wildman–Crippen MR) is 99.3 cm³/mol. The number of hydrogen-bond donors (Lipinski definition) is 2. The lowest BCUT2D eigenvalue weighted by atomic mass is 9.91. The van der Waals surface area contributed by atoms with Crippen molar-refractivity contribution in [1.29, 1.82) is 0 Å². The summed E-state index contributed by atoms with van der Waals surface area (Å²) < 4.78 is 35.1. The molecule has 0 aromatic rings. The SMILES string of the molecule is O=CBN1CCCC(NC(=O)[C@@H]2CC[C@@H]3CN2C(=O)N3OS(=O)(=O)O)CCC1. The topological polar surface area (TPSA) is 137 Å². The van der Waals surface area contributed by atoms with Crippen LogP contribution in [0.2, 0.25) is 0 Å². The Kier molecular flexibility index (Phi) is 6.58. The van der Waals surface area contributed by atoms with Crippen LogP contribution in [0.3, 0.4) is 0 Å². The Hall–Kier alpha value is -1.70. The molecule has 2 bridgehead atoms. The second kappa shape index (κ2) is 8.76. The number of nitrogens with one attached hydrogen (secondary N) is 1. The van der Waals surface area contributed by atoms with Gasteiger partial charge in [0.2, 0.25) is 5.91 Å². The highest BCUT2D eigenvalue weighted by atomic mass is 32.3. The van der Waals surface area contributed by atoms with Gasteiger partial charge in [-0.05, 0) is 51.6 Å². The van der Waals surface area contributed by atoms with Gasteiger partial charge in [0.1, 0.15) is 6.04 Å². The Morgan fingerprint density at radius 2 is 1.89 bits per heavy atom. The van der Waals surface area contributed by atoms with Crippen LogP contribution >= 0.6 is 0 Å². The standard InChI is InChI=1S/C15H25BN4O7S/c21-10-16-18-7-1-3-11(4-2-8-18)17-14(22)13-6-5-12-9-19(13)15(23)20(12)27-28(24,25)26/h10-13,16H,1-9H2,(H,17,22)(H,24,25,26)/t12-,13+/m1/s1. The molecule has 3 rings (SSSR count). The number of carbonyl (C=O) groups is 3. The van der Waals surface area contributed by atoms with Crippen LogP contribution in [0.4, 0.5) is 4.79 Å². The van der Waals surface area contributed by atoms with E-state index >= 15 is 0 Å². The van der Waals surface area contributed by atoms with E-state index in [2.05, 4.69) is 14.4 Å². The van der Waals surface area contributed by atoms with Crippen molar-refractivity contribution in [3.63, 3.8) is 0 Å². The predicted octanol–water partition coefficient (Wildman–Crippen LogP) is -1.11. The van der Waals surface area contributed by atoms with E-state index < -0.39 is 28.5 Å². The molecule has 13 heteroatoms. The number of piperidine rings is 1. The van der Waals surface area contributed by atoms with Crippen molar-refractivity contribution in [1.82, 2.24) is 20.1 Å². The maximum absolute atomic E-state index is 12.8. The minimum Gasteiger partial charge on any atom is -0.352 e. The molecular weight excluding hydrogens is 391 g/mol. The number of nitrogens with zero attached hydrogens (tertiary/aromatic N) is 3. The van der Waals surface area contributed by atoms with Crippen LogP contribution in [-0.2, 0) is 24.3 Å². The lowest BCUT2D eigenvalue weighted by Gasteiger charge is -2.32. The molecular formula is C15H25BN4O7S. The van der Waals surface area contributed by atoms with Gasteiger partial charge in [-0.2, -0.15) is 13.5 Å². The maximum atomic E-state index is 12.8. The lowest BCUT2D eigenvalue weighted by Crippen LogP contribution is -2.52. The quantitative estimate of drug-likeness (QED) is 0.316. The Bertz CT molecular complexity index is 711. The third-order valence-corrected chi connectivity index (χ3v) is 5.88. The zero-order valence-corrected chi connectivity index (χ0v) is 16.3. The van der Waals surface area contributed by atoms with E-state index in [1.54, 1.807) is 0 Å². The summed E-state index contributed by atoms with van der Waals surface area (Å²) in [6, 6.07) is -1.92. The van der Waals surface area contributed by atoms with Crippen LogP contribution in [0.1, 0.15) is 38.5 Å². The van der Waals surface area contributed by atoms with E-state index in [0.717, 1.165) is 45.0 Å². The maximum Gasteiger partial charge on any atom is 0.418 e. The first-order valence-corrected chi connectivity index (χ1v) is 10.9. The van der Waals surface area contributed by atoms with Gasteiger partial charge in [-0.15, -0.1) is 4.28 Å². The van der Waals surface area contributed by atoms with Gasteiger partial charge >= 0.3 is 16.4 Å². The Balaban J connectivity index is 1.55. The summed E-state index contributed by atoms with van der Waals surface area (Å²) in [4.78, 5) is 39.2. The van der Waals surface area contributed by atoms with Gasteiger partial charge in [-0.3, -0.25) is 9.35 Å². The molecule has 3 aliphatic heterocycles. The van der Waals surface area contributed by atoms with E-state index in [1.165, 1.54) is 4.90 Å². The largest absolute Gasteiger partial charge is 0.418 e. The molecule has 0 aromatic heterocycles. The molecule has 2 N–H and O–H groups in total. The minimum atomic E-state index is -4.80. The molecule has 0 spiro atoms. The minimum absolute atomic E-state index is 0.00600. The Labute approximate surface area is 164 Å². The number of fused-ring (bicyclic) bond motifs is 2. The fraction of sp³-hybridized carbons (Fsp3) is 0.800. The summed E-state index contributed by atoms with van der Waals surface area (Å²) in [6.07, 6.45) is 5.02. The van der Waals surface area contributed by atoms with Gasteiger partial charge in [0, 0.05) is 12.6 Å². The first-order valence-electron chi connectivity index (χ1n) is 9.51. The van der Waals surface area contributed by atoms with Crippen molar-refractivity contribution in [2.75, 3.05) is 19.6 Å². The molecule has 3 amide bonds. The van der Waals surface area contributed by atoms with Crippen molar-refractivity contribution < 1.29 is 31.6 Å². The van der Waals surface area contributed by atoms with E-state index in [-0.39, 0.29) is 18.5 Å². The second-order valence-corrected chi connectivity index (χ2v) is 8.47. The molecule has 0 aromatic carbocycles. The van der Waals surface area contributed by atoms with Gasteiger partial charge in [0.05, 0.1) is 12.2 Å². The number of rotatable bonds is 6. The summed E-state index contributed by atoms with van der Waals surface area (Å²) in [6.45, 7) is 1.79. The fourth-order valence-corrected chi connectivity index (χ4v) is 4.60. The monoisotopic (exact) mass is 416 g/mol. The van der Waals surface area contributed by atoms with Crippen molar-refractivity contribution in [3.05, 3.63) is 0 Å². The molecule has 2 atom stereocenters. The molecule has 3 heterocycles. The van der Waals surface area contributed by atoms with Crippen LogP contribution in [-0.4, -0.2) is 91.0 Å². The number of hydrogen-bond acceptors (Lipinski definition) is 7. The molecule has 11 nitrogen and oxygen atoms in total. The average molecular weight is 416 g/mol. The fourth-order valence-electron chi connectivity index (χ4n) is 4.21. The summed E-state index contributed by atoms with van der Waals surface area (Å²) in [5.74, 6) is -0.254. The van der Waals surface area contributed by atoms with E-state index in [4.69, 9.17) is 4.55 Å². The number of carbonyl (C=O) groups excluding carboxylic acids is 3. The smallest absolute Gasteiger partial charge is 0.352 e. The third-order valence-electron chi connectivity index (χ3n) is 5.53. The lowest BCUT2D eigenvalue weighted by molar-refractivity contribution is -0.127. The molecule has 3 saturated heterocycles. The molecule has 156 valence electrons. The van der Waals surface area contributed by atoms with Gasteiger partial charge in [-0.25, -0.2) is 4.79 Å². The van der Waals surface area contributed by atoms with Crippen LogP contribution in [0.15, 0.2) is 0 Å². The molecule has 28 heavy (non-hydrogen) atoms. The van der Waals surface area contributed by atoms with Gasteiger partial charge in [0.25, 0.3) is 7.41 Å². The highest BCUT2D eigenvalue weighted by molar-refractivity contribution is 7.80. The molecule has 0 aliphatic carbocycles. The van der Waals surface area contributed by atoms with Crippen molar-refractivity contribution in [2.45, 2.75) is 56.7 Å².